The summed E-state index contributed by atoms with van der Waals surface area (Å²) in [6, 6.07) is 15.5. The predicted octanol–water partition coefficient (Wildman–Crippen LogP) is 2.06. The fourth-order valence-electron chi connectivity index (χ4n) is 3.09. The number of hydrogen-bond donors (Lipinski definition) is 4. The average Bonchev–Trinajstić information content (AvgIpc) is 3.25. The summed E-state index contributed by atoms with van der Waals surface area (Å²) in [6.07, 6.45) is 1.74. The van der Waals surface area contributed by atoms with E-state index in [1.807, 2.05) is 0 Å². The molecule has 33 heavy (non-hydrogen) atoms. The van der Waals surface area contributed by atoms with Gasteiger partial charge >= 0.3 is 0 Å². The number of carbonyl (C=O) groups is 1. The molecule has 0 aliphatic carbocycles. The van der Waals surface area contributed by atoms with Crippen LogP contribution in [0.3, 0.4) is 0 Å². The van der Waals surface area contributed by atoms with Crippen LogP contribution >= 0.6 is 0 Å². The lowest BCUT2D eigenvalue weighted by atomic mass is 10.1. The molecule has 0 bridgehead atoms. The van der Waals surface area contributed by atoms with Gasteiger partial charge in [-0.05, 0) is 30.7 Å². The van der Waals surface area contributed by atoms with E-state index in [0.29, 0.717) is 29.1 Å². The van der Waals surface area contributed by atoms with Gasteiger partial charge in [-0.2, -0.15) is 5.10 Å². The Kier molecular flexibility index (Phi) is 7.46. The summed E-state index contributed by atoms with van der Waals surface area (Å²) in [5, 5.41) is 14.7. The Labute approximate surface area is 192 Å². The number of hydrogen-bond acceptors (Lipinski definition) is 6. The van der Waals surface area contributed by atoms with Crippen LogP contribution in [0.4, 0.5) is 5.69 Å². The molecule has 0 spiro atoms. The zero-order valence-electron chi connectivity index (χ0n) is 18.3. The van der Waals surface area contributed by atoms with Gasteiger partial charge in [-0.15, -0.1) is 0 Å². The summed E-state index contributed by atoms with van der Waals surface area (Å²) in [7, 11) is -3.40. The third kappa shape index (κ3) is 6.64. The van der Waals surface area contributed by atoms with Crippen LogP contribution in [0.2, 0.25) is 0 Å². The molecule has 3 aromatic rings. The molecule has 0 saturated carbocycles. The Morgan fingerprint density at radius 1 is 1.21 bits per heavy atom. The number of nitrogens with one attached hydrogen (secondary N) is 3. The van der Waals surface area contributed by atoms with E-state index < -0.39 is 16.3 Å². The molecule has 0 radical (unpaired) electrons. The van der Waals surface area contributed by atoms with Gasteiger partial charge in [0.15, 0.2) is 0 Å². The van der Waals surface area contributed by atoms with Gasteiger partial charge in [0.1, 0.15) is 5.84 Å². The molecule has 0 unspecified atom stereocenters. The Hall–Kier alpha value is -3.70. The molecule has 11 heteroatoms. The summed E-state index contributed by atoms with van der Waals surface area (Å²) >= 11 is 0. The first-order valence-electron chi connectivity index (χ1n) is 10.1. The third-order valence-electron chi connectivity index (χ3n) is 4.59. The van der Waals surface area contributed by atoms with Gasteiger partial charge in [0.2, 0.25) is 16.3 Å². The van der Waals surface area contributed by atoms with Crippen LogP contribution in [-0.4, -0.2) is 42.8 Å². The van der Waals surface area contributed by atoms with Crippen LogP contribution in [0, 0.1) is 5.41 Å². The molecule has 0 aliphatic heterocycles. The minimum atomic E-state index is -3.40. The first-order valence-corrected chi connectivity index (χ1v) is 12.0. The number of ether oxygens (including phenoxy) is 1. The number of amidine groups is 1. The standard InChI is InChI=1S/C22H26N6O4S/c1-3-32-22(21(29)25-14-15-7-9-16(10-8-15)20(23)24)28-12-11-19(26-28)17-5-4-6-18(13-17)27-33(2,30)31/h4-13,22,27H,3,14H2,1-2H3,(H3,23,24)(H,25,29)/t22-/m0/s1. The van der Waals surface area contributed by atoms with Crippen LogP contribution < -0.4 is 15.8 Å². The van der Waals surface area contributed by atoms with E-state index in [0.717, 1.165) is 11.8 Å². The number of sulfonamides is 1. The number of amides is 1. The SMILES string of the molecule is CCO[C@@H](C(=O)NCc1ccc(C(=N)N)cc1)n1ccc(-c2cccc(NS(C)(=O)=O)c2)n1. The Balaban J connectivity index is 1.73. The molecule has 1 heterocycles. The van der Waals surface area contributed by atoms with E-state index in [-0.39, 0.29) is 18.3 Å². The maximum absolute atomic E-state index is 12.8. The monoisotopic (exact) mass is 470 g/mol. The number of rotatable bonds is 10. The van der Waals surface area contributed by atoms with Gasteiger partial charge in [0.25, 0.3) is 5.91 Å². The Morgan fingerprint density at radius 2 is 1.94 bits per heavy atom. The lowest BCUT2D eigenvalue weighted by Gasteiger charge is -2.17. The van der Waals surface area contributed by atoms with Gasteiger partial charge in [-0.3, -0.25) is 14.9 Å². The number of nitrogen functional groups attached to an aromatic ring is 1. The highest BCUT2D eigenvalue weighted by atomic mass is 32.2. The van der Waals surface area contributed by atoms with Crippen molar-refractivity contribution in [2.24, 2.45) is 5.73 Å². The second kappa shape index (κ2) is 10.3. The highest BCUT2D eigenvalue weighted by molar-refractivity contribution is 7.92. The lowest BCUT2D eigenvalue weighted by Crippen LogP contribution is -2.34. The van der Waals surface area contributed by atoms with E-state index in [1.165, 1.54) is 4.68 Å². The van der Waals surface area contributed by atoms with E-state index in [4.69, 9.17) is 15.9 Å². The van der Waals surface area contributed by atoms with E-state index in [9.17, 15) is 13.2 Å². The molecular weight excluding hydrogens is 444 g/mol. The zero-order chi connectivity index (χ0) is 24.0. The predicted molar refractivity (Wildman–Crippen MR) is 126 cm³/mol. The van der Waals surface area contributed by atoms with E-state index >= 15 is 0 Å². The average molecular weight is 471 g/mol. The van der Waals surface area contributed by atoms with Crippen molar-refractivity contribution in [1.29, 1.82) is 5.41 Å². The molecule has 10 nitrogen and oxygen atoms in total. The fourth-order valence-corrected chi connectivity index (χ4v) is 3.64. The first-order chi connectivity index (χ1) is 15.7. The molecule has 5 N–H and O–H groups in total. The highest BCUT2D eigenvalue weighted by Crippen LogP contribution is 2.23. The second-order valence-electron chi connectivity index (χ2n) is 7.27. The van der Waals surface area contributed by atoms with Crippen molar-refractivity contribution in [2.45, 2.75) is 19.7 Å². The minimum Gasteiger partial charge on any atom is -0.384 e. The van der Waals surface area contributed by atoms with Crippen LogP contribution in [0.25, 0.3) is 11.3 Å². The molecule has 2 aromatic carbocycles. The topological polar surface area (TPSA) is 152 Å². The summed E-state index contributed by atoms with van der Waals surface area (Å²) in [4.78, 5) is 12.8. The molecule has 0 fully saturated rings. The maximum Gasteiger partial charge on any atom is 0.272 e. The van der Waals surface area contributed by atoms with Crippen LogP contribution in [-0.2, 0) is 26.1 Å². The molecule has 3 rings (SSSR count). The summed E-state index contributed by atoms with van der Waals surface area (Å²) in [6.45, 7) is 2.35. The van der Waals surface area contributed by atoms with Crippen molar-refractivity contribution in [3.8, 4) is 11.3 Å². The van der Waals surface area contributed by atoms with Gasteiger partial charge in [-0.1, -0.05) is 36.4 Å². The van der Waals surface area contributed by atoms with Crippen molar-refractivity contribution < 1.29 is 17.9 Å². The zero-order valence-corrected chi connectivity index (χ0v) is 19.1. The molecule has 0 saturated heterocycles. The van der Waals surface area contributed by atoms with Crippen molar-refractivity contribution in [3.05, 3.63) is 71.9 Å². The largest absolute Gasteiger partial charge is 0.384 e. The highest BCUT2D eigenvalue weighted by Gasteiger charge is 2.22. The second-order valence-corrected chi connectivity index (χ2v) is 9.02. The van der Waals surface area contributed by atoms with Crippen molar-refractivity contribution in [3.63, 3.8) is 0 Å². The van der Waals surface area contributed by atoms with Gasteiger partial charge < -0.3 is 15.8 Å². The molecule has 174 valence electrons. The fraction of sp³-hybridized carbons (Fsp3) is 0.227. The summed E-state index contributed by atoms with van der Waals surface area (Å²) in [5.41, 5.74) is 8.58. The van der Waals surface area contributed by atoms with Crippen molar-refractivity contribution in [1.82, 2.24) is 15.1 Å². The maximum atomic E-state index is 12.8. The molecule has 1 amide bonds. The lowest BCUT2D eigenvalue weighted by molar-refractivity contribution is -0.139. The smallest absolute Gasteiger partial charge is 0.272 e. The number of nitrogens with zero attached hydrogens (tertiary/aromatic N) is 2. The van der Waals surface area contributed by atoms with E-state index in [1.54, 1.807) is 67.7 Å². The normalized spacial score (nSPS) is 12.2. The molecule has 1 atom stereocenters. The van der Waals surface area contributed by atoms with Gasteiger partial charge in [0, 0.05) is 36.2 Å². The molecular formula is C22H26N6O4S. The minimum absolute atomic E-state index is 0.0193. The number of anilines is 1. The first kappa shape index (κ1) is 24.0. The van der Waals surface area contributed by atoms with Crippen molar-refractivity contribution in [2.75, 3.05) is 17.6 Å². The Bertz CT molecular complexity index is 1240. The van der Waals surface area contributed by atoms with Crippen LogP contribution in [0.5, 0.6) is 0 Å². The quantitative estimate of drug-likeness (QED) is 0.263. The van der Waals surface area contributed by atoms with Crippen LogP contribution in [0.1, 0.15) is 24.3 Å². The summed E-state index contributed by atoms with van der Waals surface area (Å²) in [5.74, 6) is -0.385. The van der Waals surface area contributed by atoms with Crippen LogP contribution in [0.15, 0.2) is 60.8 Å². The third-order valence-corrected chi connectivity index (χ3v) is 5.20. The van der Waals surface area contributed by atoms with Crippen molar-refractivity contribution >= 4 is 27.5 Å². The Morgan fingerprint density at radius 3 is 2.58 bits per heavy atom. The number of benzene rings is 2. The number of carbonyl (C=O) groups excluding carboxylic acids is 1. The van der Waals surface area contributed by atoms with Gasteiger partial charge in [-0.25, -0.2) is 13.1 Å². The number of nitrogens with two attached hydrogens (primary N) is 1. The summed E-state index contributed by atoms with van der Waals surface area (Å²) < 4.78 is 32.5. The number of aromatic nitrogens is 2. The van der Waals surface area contributed by atoms with E-state index in [2.05, 4.69) is 15.1 Å². The van der Waals surface area contributed by atoms with Gasteiger partial charge in [0.05, 0.1) is 11.9 Å². The molecule has 0 aliphatic rings. The molecule has 1 aromatic heterocycles.